The molecule has 1 aliphatic rings. The Morgan fingerprint density at radius 1 is 1.36 bits per heavy atom. The smallest absolute Gasteiger partial charge is 0.228 e. The molecule has 4 N–H and O–H groups in total. The van der Waals surface area contributed by atoms with Crippen molar-refractivity contribution in [2.24, 2.45) is 11.7 Å². The molecule has 0 spiro atoms. The third-order valence-electron chi connectivity index (χ3n) is 4.46. The van der Waals surface area contributed by atoms with E-state index >= 15 is 0 Å². The van der Waals surface area contributed by atoms with E-state index in [4.69, 9.17) is 5.73 Å². The molecule has 1 aromatic carbocycles. The lowest BCUT2D eigenvalue weighted by Crippen LogP contribution is -2.46. The van der Waals surface area contributed by atoms with Crippen LogP contribution in [0.5, 0.6) is 0 Å². The first-order valence-electron chi connectivity index (χ1n) is 8.36. The van der Waals surface area contributed by atoms with Gasteiger partial charge in [0.05, 0.1) is 23.5 Å². The lowest BCUT2D eigenvalue weighted by atomic mass is 9.96. The van der Waals surface area contributed by atoms with Gasteiger partial charge in [-0.15, -0.1) is 12.4 Å². The molecule has 3 rings (SSSR count). The molecule has 1 saturated heterocycles. The molecular weight excluding hydrogens is 342 g/mol. The molecule has 0 saturated carbocycles. The van der Waals surface area contributed by atoms with Gasteiger partial charge < -0.3 is 16.0 Å². The highest BCUT2D eigenvalue weighted by atomic mass is 35.5. The van der Waals surface area contributed by atoms with Gasteiger partial charge in [0.1, 0.15) is 0 Å². The summed E-state index contributed by atoms with van der Waals surface area (Å²) >= 11 is 0. The predicted octanol–water partition coefficient (Wildman–Crippen LogP) is 0.841. The number of H-pyrrole nitrogens is 1. The molecular formula is C17H24ClN5O2. The van der Waals surface area contributed by atoms with Gasteiger partial charge in [-0.3, -0.25) is 14.7 Å². The van der Waals surface area contributed by atoms with Crippen LogP contribution in [0.4, 0.5) is 0 Å². The molecule has 1 atom stereocenters. The Labute approximate surface area is 152 Å². The zero-order valence-electron chi connectivity index (χ0n) is 14.0. The molecule has 1 aliphatic heterocycles. The summed E-state index contributed by atoms with van der Waals surface area (Å²) in [6.45, 7) is 2.07. The number of nitrogens with zero attached hydrogens (tertiary/aromatic N) is 2. The highest BCUT2D eigenvalue weighted by Crippen LogP contribution is 2.20. The van der Waals surface area contributed by atoms with Crippen molar-refractivity contribution < 1.29 is 9.59 Å². The zero-order valence-corrected chi connectivity index (χ0v) is 14.8. The highest BCUT2D eigenvalue weighted by molar-refractivity contribution is 5.88. The van der Waals surface area contributed by atoms with E-state index in [1.165, 1.54) is 0 Å². The number of carbonyl (C=O) groups excluding carboxylic acids is 2. The Balaban J connectivity index is 0.00000225. The van der Waals surface area contributed by atoms with Crippen molar-refractivity contribution in [1.29, 1.82) is 0 Å². The SMILES string of the molecule is Cl.NCCNC(=O)C1CCCN(C(=O)Cc2[nH]nc3ccccc23)C1. The number of carbonyl (C=O) groups is 2. The standard InChI is InChI=1S/C17H23N5O2.ClH/c18-7-8-19-17(24)12-4-3-9-22(11-12)16(23)10-15-13-5-1-2-6-14(13)20-21-15;/h1-2,5-6,12H,3-4,7-11,18H2,(H,19,24)(H,20,21);1H. The number of benzene rings is 1. The van der Waals surface area contributed by atoms with Crippen LogP contribution in [-0.2, 0) is 16.0 Å². The largest absolute Gasteiger partial charge is 0.355 e. The van der Waals surface area contributed by atoms with E-state index in [1.807, 2.05) is 24.3 Å². The van der Waals surface area contributed by atoms with E-state index in [0.717, 1.165) is 29.4 Å². The molecule has 1 unspecified atom stereocenters. The summed E-state index contributed by atoms with van der Waals surface area (Å²) in [6, 6.07) is 7.73. The lowest BCUT2D eigenvalue weighted by Gasteiger charge is -2.32. The molecule has 0 radical (unpaired) electrons. The normalized spacial score (nSPS) is 17.2. The molecule has 1 aromatic heterocycles. The van der Waals surface area contributed by atoms with Crippen LogP contribution in [0.1, 0.15) is 18.5 Å². The van der Waals surface area contributed by atoms with E-state index in [9.17, 15) is 9.59 Å². The summed E-state index contributed by atoms with van der Waals surface area (Å²) in [6.07, 6.45) is 1.93. The number of piperidine rings is 1. The van der Waals surface area contributed by atoms with Crippen molar-refractivity contribution in [1.82, 2.24) is 20.4 Å². The number of nitrogens with one attached hydrogen (secondary N) is 2. The third-order valence-corrected chi connectivity index (χ3v) is 4.46. The van der Waals surface area contributed by atoms with E-state index in [0.29, 0.717) is 26.2 Å². The second kappa shape index (κ2) is 8.82. The average molecular weight is 366 g/mol. The summed E-state index contributed by atoms with van der Waals surface area (Å²) in [7, 11) is 0. The fourth-order valence-corrected chi connectivity index (χ4v) is 3.17. The summed E-state index contributed by atoms with van der Waals surface area (Å²) in [5, 5.41) is 11.0. The van der Waals surface area contributed by atoms with Gasteiger partial charge in [0.15, 0.2) is 0 Å². The van der Waals surface area contributed by atoms with Gasteiger partial charge in [-0.1, -0.05) is 18.2 Å². The lowest BCUT2D eigenvalue weighted by molar-refractivity contribution is -0.135. The van der Waals surface area contributed by atoms with Crippen LogP contribution in [0.15, 0.2) is 24.3 Å². The van der Waals surface area contributed by atoms with Crippen LogP contribution >= 0.6 is 12.4 Å². The van der Waals surface area contributed by atoms with Crippen molar-refractivity contribution >= 4 is 35.1 Å². The molecule has 0 bridgehead atoms. The van der Waals surface area contributed by atoms with Crippen molar-refractivity contribution in [3.8, 4) is 0 Å². The van der Waals surface area contributed by atoms with Crippen molar-refractivity contribution in [2.75, 3.05) is 26.2 Å². The summed E-state index contributed by atoms with van der Waals surface area (Å²) in [5.41, 5.74) is 7.10. The Bertz CT molecular complexity index is 733. The van der Waals surface area contributed by atoms with Crippen molar-refractivity contribution in [2.45, 2.75) is 19.3 Å². The number of fused-ring (bicyclic) bond motifs is 1. The third kappa shape index (κ3) is 4.49. The van der Waals surface area contributed by atoms with Crippen LogP contribution in [0, 0.1) is 5.92 Å². The monoisotopic (exact) mass is 365 g/mol. The topological polar surface area (TPSA) is 104 Å². The molecule has 2 aromatic rings. The number of amides is 2. The second-order valence-corrected chi connectivity index (χ2v) is 6.15. The minimum Gasteiger partial charge on any atom is -0.355 e. The predicted molar refractivity (Wildman–Crippen MR) is 98.4 cm³/mol. The molecule has 2 amide bonds. The number of aromatic nitrogens is 2. The van der Waals surface area contributed by atoms with Crippen LogP contribution in [-0.4, -0.2) is 53.1 Å². The summed E-state index contributed by atoms with van der Waals surface area (Å²) < 4.78 is 0. The van der Waals surface area contributed by atoms with Crippen LogP contribution < -0.4 is 11.1 Å². The van der Waals surface area contributed by atoms with Gasteiger partial charge in [-0.05, 0) is 18.9 Å². The average Bonchev–Trinajstić information content (AvgIpc) is 3.03. The number of halogens is 1. The molecule has 8 heteroatoms. The first-order chi connectivity index (χ1) is 11.7. The quantitative estimate of drug-likeness (QED) is 0.730. The summed E-state index contributed by atoms with van der Waals surface area (Å²) in [4.78, 5) is 26.5. The van der Waals surface area contributed by atoms with E-state index in [2.05, 4.69) is 15.5 Å². The number of hydrogen-bond donors (Lipinski definition) is 3. The maximum Gasteiger partial charge on any atom is 0.228 e. The second-order valence-electron chi connectivity index (χ2n) is 6.15. The Kier molecular flexibility index (Phi) is 6.78. The molecule has 2 heterocycles. The maximum atomic E-state index is 12.6. The maximum absolute atomic E-state index is 12.6. The fraction of sp³-hybridized carbons (Fsp3) is 0.471. The Hall–Kier alpha value is -2.12. The Morgan fingerprint density at radius 2 is 2.16 bits per heavy atom. The van der Waals surface area contributed by atoms with Crippen LogP contribution in [0.25, 0.3) is 10.9 Å². The van der Waals surface area contributed by atoms with Crippen molar-refractivity contribution in [3.63, 3.8) is 0 Å². The molecule has 1 fully saturated rings. The number of para-hydroxylation sites is 1. The van der Waals surface area contributed by atoms with Gasteiger partial charge in [-0.25, -0.2) is 0 Å². The number of rotatable bonds is 5. The number of aromatic amines is 1. The number of hydrogen-bond acceptors (Lipinski definition) is 4. The number of likely N-dealkylation sites (tertiary alicyclic amines) is 1. The molecule has 7 nitrogen and oxygen atoms in total. The minimum absolute atomic E-state index is 0. The molecule has 0 aliphatic carbocycles. The van der Waals surface area contributed by atoms with E-state index in [-0.39, 0.29) is 36.6 Å². The molecule has 136 valence electrons. The Morgan fingerprint density at radius 3 is 2.96 bits per heavy atom. The van der Waals surface area contributed by atoms with Crippen LogP contribution in [0.2, 0.25) is 0 Å². The van der Waals surface area contributed by atoms with Gasteiger partial charge in [-0.2, -0.15) is 5.10 Å². The first kappa shape index (κ1) is 19.2. The van der Waals surface area contributed by atoms with E-state index in [1.54, 1.807) is 4.90 Å². The number of nitrogens with two attached hydrogens (primary N) is 1. The fourth-order valence-electron chi connectivity index (χ4n) is 3.17. The highest BCUT2D eigenvalue weighted by Gasteiger charge is 2.28. The minimum atomic E-state index is -0.146. The van der Waals surface area contributed by atoms with Gasteiger partial charge in [0, 0.05) is 31.6 Å². The first-order valence-corrected chi connectivity index (χ1v) is 8.36. The van der Waals surface area contributed by atoms with Gasteiger partial charge in [0.2, 0.25) is 11.8 Å². The summed E-state index contributed by atoms with van der Waals surface area (Å²) in [5.74, 6) is -0.126. The van der Waals surface area contributed by atoms with Crippen molar-refractivity contribution in [3.05, 3.63) is 30.0 Å². The van der Waals surface area contributed by atoms with Gasteiger partial charge in [0.25, 0.3) is 0 Å². The zero-order chi connectivity index (χ0) is 16.9. The van der Waals surface area contributed by atoms with Crippen LogP contribution in [0.3, 0.4) is 0 Å². The van der Waals surface area contributed by atoms with Gasteiger partial charge >= 0.3 is 0 Å². The molecule has 25 heavy (non-hydrogen) atoms. The van der Waals surface area contributed by atoms with E-state index < -0.39 is 0 Å².